The lowest BCUT2D eigenvalue weighted by Gasteiger charge is -2.20. The number of nitrogens with one attached hydrogen (secondary N) is 1. The standard InChI is InChI=1S/C19H27BrN2O2S/c1-12-8-15-16(13(2)21-25(23,24)14-6-7-14)10-22(11-19(3,4)5)18(15)9-17(12)20/h8-10,13-14,21H,6-7,11H2,1-5H3/t13-/m1/s1. The van der Waals surface area contributed by atoms with Crippen LogP contribution >= 0.6 is 15.9 Å². The fourth-order valence-electron chi connectivity index (χ4n) is 3.22. The van der Waals surface area contributed by atoms with Gasteiger partial charge in [-0.05, 0) is 55.4 Å². The third-order valence-corrected chi connectivity index (χ3v) is 7.49. The molecule has 0 bridgehead atoms. The van der Waals surface area contributed by atoms with Crippen LogP contribution in [0.15, 0.2) is 22.8 Å². The summed E-state index contributed by atoms with van der Waals surface area (Å²) in [5.74, 6) is 0. The number of aromatic nitrogens is 1. The Morgan fingerprint density at radius 2 is 1.96 bits per heavy atom. The number of hydrogen-bond donors (Lipinski definition) is 1. The Balaban J connectivity index is 2.06. The van der Waals surface area contributed by atoms with Gasteiger partial charge in [-0.3, -0.25) is 0 Å². The number of nitrogens with zero attached hydrogens (tertiary/aromatic N) is 1. The molecule has 25 heavy (non-hydrogen) atoms. The van der Waals surface area contributed by atoms with E-state index >= 15 is 0 Å². The Morgan fingerprint density at radius 3 is 2.52 bits per heavy atom. The minimum Gasteiger partial charge on any atom is -0.347 e. The van der Waals surface area contributed by atoms with Crippen molar-refractivity contribution in [1.29, 1.82) is 0 Å². The normalized spacial score (nSPS) is 17.2. The van der Waals surface area contributed by atoms with Gasteiger partial charge in [-0.1, -0.05) is 36.7 Å². The maximum absolute atomic E-state index is 12.3. The van der Waals surface area contributed by atoms with Crippen molar-refractivity contribution in [2.45, 2.75) is 65.3 Å². The van der Waals surface area contributed by atoms with Gasteiger partial charge in [0.1, 0.15) is 0 Å². The van der Waals surface area contributed by atoms with Gasteiger partial charge in [-0.15, -0.1) is 0 Å². The number of sulfonamides is 1. The van der Waals surface area contributed by atoms with Crippen molar-refractivity contribution in [3.8, 4) is 0 Å². The van der Waals surface area contributed by atoms with E-state index in [9.17, 15) is 8.42 Å². The monoisotopic (exact) mass is 426 g/mol. The maximum Gasteiger partial charge on any atom is 0.215 e. The van der Waals surface area contributed by atoms with E-state index in [-0.39, 0.29) is 16.7 Å². The van der Waals surface area contributed by atoms with E-state index in [4.69, 9.17) is 0 Å². The van der Waals surface area contributed by atoms with Crippen molar-refractivity contribution >= 4 is 36.9 Å². The average Bonchev–Trinajstić information content (AvgIpc) is 3.25. The van der Waals surface area contributed by atoms with Gasteiger partial charge < -0.3 is 4.57 Å². The second-order valence-electron chi connectivity index (χ2n) is 8.48. The van der Waals surface area contributed by atoms with Crippen LogP contribution in [0.1, 0.15) is 57.7 Å². The van der Waals surface area contributed by atoms with Gasteiger partial charge in [0.2, 0.25) is 10.0 Å². The highest BCUT2D eigenvalue weighted by molar-refractivity contribution is 9.10. The van der Waals surface area contributed by atoms with E-state index < -0.39 is 10.0 Å². The molecule has 0 spiro atoms. The van der Waals surface area contributed by atoms with E-state index in [0.717, 1.165) is 45.9 Å². The predicted molar refractivity (Wildman–Crippen MR) is 107 cm³/mol. The van der Waals surface area contributed by atoms with Crippen molar-refractivity contribution in [2.24, 2.45) is 5.41 Å². The number of aryl methyl sites for hydroxylation is 1. The van der Waals surface area contributed by atoms with Crippen LogP contribution in [-0.4, -0.2) is 18.2 Å². The summed E-state index contributed by atoms with van der Waals surface area (Å²) in [7, 11) is -3.22. The first-order valence-electron chi connectivity index (χ1n) is 8.78. The summed E-state index contributed by atoms with van der Waals surface area (Å²) < 4.78 is 30.9. The molecule has 1 fully saturated rings. The van der Waals surface area contributed by atoms with Gasteiger partial charge in [-0.25, -0.2) is 13.1 Å². The number of halogens is 1. The summed E-state index contributed by atoms with van der Waals surface area (Å²) in [6, 6.07) is 4.05. The summed E-state index contributed by atoms with van der Waals surface area (Å²) >= 11 is 3.63. The van der Waals surface area contributed by atoms with Gasteiger partial charge in [0.25, 0.3) is 0 Å². The molecular weight excluding hydrogens is 400 g/mol. The highest BCUT2D eigenvalue weighted by Crippen LogP contribution is 2.34. The molecule has 3 rings (SSSR count). The minimum absolute atomic E-state index is 0.136. The van der Waals surface area contributed by atoms with Crippen LogP contribution in [-0.2, 0) is 16.6 Å². The highest BCUT2D eigenvalue weighted by Gasteiger charge is 2.36. The van der Waals surface area contributed by atoms with Crippen molar-refractivity contribution in [1.82, 2.24) is 9.29 Å². The largest absolute Gasteiger partial charge is 0.347 e. The smallest absolute Gasteiger partial charge is 0.215 e. The van der Waals surface area contributed by atoms with E-state index in [1.807, 2.05) is 6.92 Å². The van der Waals surface area contributed by atoms with E-state index in [0.29, 0.717) is 0 Å². The minimum atomic E-state index is -3.22. The molecule has 4 nitrogen and oxygen atoms in total. The molecule has 2 aromatic rings. The van der Waals surface area contributed by atoms with Crippen molar-refractivity contribution < 1.29 is 8.42 Å². The van der Waals surface area contributed by atoms with E-state index in [2.05, 4.69) is 71.2 Å². The Kier molecular flexibility index (Phi) is 4.84. The zero-order chi connectivity index (χ0) is 18.6. The second kappa shape index (κ2) is 6.39. The molecule has 1 aromatic carbocycles. The van der Waals surface area contributed by atoms with Crippen LogP contribution < -0.4 is 4.72 Å². The maximum atomic E-state index is 12.3. The van der Waals surface area contributed by atoms with Crippen LogP contribution in [0, 0.1) is 12.3 Å². The molecule has 1 saturated carbocycles. The molecule has 0 unspecified atom stereocenters. The van der Waals surface area contributed by atoms with Gasteiger partial charge in [-0.2, -0.15) is 0 Å². The summed E-state index contributed by atoms with van der Waals surface area (Å²) in [4.78, 5) is 0. The summed E-state index contributed by atoms with van der Waals surface area (Å²) in [6.07, 6.45) is 3.67. The zero-order valence-corrected chi connectivity index (χ0v) is 18.0. The topological polar surface area (TPSA) is 51.1 Å². The summed E-state index contributed by atoms with van der Waals surface area (Å²) in [5.41, 5.74) is 3.47. The molecule has 1 atom stereocenters. The molecule has 1 N–H and O–H groups in total. The molecule has 0 radical (unpaired) electrons. The Morgan fingerprint density at radius 1 is 1.32 bits per heavy atom. The summed E-state index contributed by atoms with van der Waals surface area (Å²) in [6.45, 7) is 11.5. The number of benzene rings is 1. The lowest BCUT2D eigenvalue weighted by Crippen LogP contribution is -2.29. The quantitative estimate of drug-likeness (QED) is 0.738. The number of fused-ring (bicyclic) bond motifs is 1. The first-order valence-corrected chi connectivity index (χ1v) is 11.1. The van der Waals surface area contributed by atoms with Crippen LogP contribution in [0.4, 0.5) is 0 Å². The van der Waals surface area contributed by atoms with E-state index in [1.54, 1.807) is 0 Å². The fourth-order valence-corrected chi connectivity index (χ4v) is 5.12. The highest BCUT2D eigenvalue weighted by atomic mass is 79.9. The molecule has 6 heteroatoms. The third kappa shape index (κ3) is 4.12. The third-order valence-electron chi connectivity index (χ3n) is 4.61. The van der Waals surface area contributed by atoms with Crippen molar-refractivity contribution in [3.63, 3.8) is 0 Å². The van der Waals surface area contributed by atoms with E-state index in [1.165, 1.54) is 0 Å². The molecule has 138 valence electrons. The molecule has 1 heterocycles. The lowest BCUT2D eigenvalue weighted by atomic mass is 9.97. The molecule has 1 aromatic heterocycles. The summed E-state index contributed by atoms with van der Waals surface area (Å²) in [5, 5.41) is 0.921. The zero-order valence-electron chi connectivity index (χ0n) is 15.6. The Labute approximate surface area is 159 Å². The van der Waals surface area contributed by atoms with Crippen LogP contribution in [0.5, 0.6) is 0 Å². The predicted octanol–water partition coefficient (Wildman–Crippen LogP) is 4.90. The average molecular weight is 427 g/mol. The van der Waals surface area contributed by atoms with Crippen LogP contribution in [0.3, 0.4) is 0 Å². The van der Waals surface area contributed by atoms with Crippen molar-refractivity contribution in [3.05, 3.63) is 33.9 Å². The van der Waals surface area contributed by atoms with Gasteiger partial charge in [0.05, 0.1) is 5.25 Å². The molecule has 0 saturated heterocycles. The molecular formula is C19H27BrN2O2S. The molecule has 1 aliphatic rings. The first kappa shape index (κ1) is 18.9. The first-order chi connectivity index (χ1) is 11.5. The van der Waals surface area contributed by atoms with Gasteiger partial charge in [0.15, 0.2) is 0 Å². The van der Waals surface area contributed by atoms with Crippen molar-refractivity contribution in [2.75, 3.05) is 0 Å². The van der Waals surface area contributed by atoms with Crippen LogP contribution in [0.2, 0.25) is 0 Å². The second-order valence-corrected chi connectivity index (χ2v) is 11.3. The molecule has 1 aliphatic carbocycles. The SMILES string of the molecule is Cc1cc2c([C@@H](C)NS(=O)(=O)C3CC3)cn(CC(C)(C)C)c2cc1Br. The lowest BCUT2D eigenvalue weighted by molar-refractivity contribution is 0.349. The van der Waals surface area contributed by atoms with Gasteiger partial charge in [0, 0.05) is 34.2 Å². The molecule has 0 amide bonds. The van der Waals surface area contributed by atoms with Crippen LogP contribution in [0.25, 0.3) is 10.9 Å². The fraction of sp³-hybridized carbons (Fsp3) is 0.579. The van der Waals surface area contributed by atoms with Gasteiger partial charge >= 0.3 is 0 Å². The Hall–Kier alpha value is -0.850. The number of hydrogen-bond acceptors (Lipinski definition) is 2. The molecule has 0 aliphatic heterocycles. The number of rotatable bonds is 5. The Bertz CT molecular complexity index is 906.